The van der Waals surface area contributed by atoms with Crippen molar-refractivity contribution in [3.63, 3.8) is 0 Å². The van der Waals surface area contributed by atoms with Gasteiger partial charge >= 0.3 is 0 Å². The summed E-state index contributed by atoms with van der Waals surface area (Å²) in [5.74, 6) is 0.0562. The van der Waals surface area contributed by atoms with Crippen molar-refractivity contribution in [1.82, 2.24) is 5.32 Å². The zero-order valence-corrected chi connectivity index (χ0v) is 16.0. The molecule has 3 N–H and O–H groups in total. The molecule has 0 saturated carbocycles. The van der Waals surface area contributed by atoms with E-state index in [9.17, 15) is 15.0 Å². The Morgan fingerprint density at radius 3 is 2.58 bits per heavy atom. The smallest absolute Gasteiger partial charge is 0.230 e. The Morgan fingerprint density at radius 1 is 1.12 bits per heavy atom. The molecule has 2 aromatic rings. The van der Waals surface area contributed by atoms with Crippen molar-refractivity contribution in [3.8, 4) is 11.5 Å². The number of benzene rings is 2. The van der Waals surface area contributed by atoms with Crippen LogP contribution in [-0.2, 0) is 11.2 Å². The highest BCUT2D eigenvalue weighted by Crippen LogP contribution is 2.28. The third-order valence-corrected chi connectivity index (χ3v) is 5.60. The Balaban J connectivity index is 1.79. The van der Waals surface area contributed by atoms with Crippen LogP contribution >= 0.6 is 27.7 Å². The maximum Gasteiger partial charge on any atom is 0.230 e. The number of hydrogen-bond acceptors (Lipinski definition) is 4. The first-order valence-electron chi connectivity index (χ1n) is 7.54. The van der Waals surface area contributed by atoms with Crippen molar-refractivity contribution in [1.29, 1.82) is 0 Å². The zero-order chi connectivity index (χ0) is 17.7. The first kappa shape index (κ1) is 18.7. The molecule has 1 amide bonds. The van der Waals surface area contributed by atoms with Crippen molar-refractivity contribution in [3.05, 3.63) is 51.5 Å². The van der Waals surface area contributed by atoms with Gasteiger partial charge < -0.3 is 15.5 Å². The van der Waals surface area contributed by atoms with Crippen LogP contribution in [0.2, 0.25) is 0 Å². The van der Waals surface area contributed by atoms with Gasteiger partial charge in [-0.3, -0.25) is 4.79 Å². The Kier molecular flexibility index (Phi) is 6.57. The molecule has 0 unspecified atom stereocenters. The van der Waals surface area contributed by atoms with Crippen LogP contribution in [0.3, 0.4) is 0 Å². The highest BCUT2D eigenvalue weighted by atomic mass is 79.9. The largest absolute Gasteiger partial charge is 0.504 e. The van der Waals surface area contributed by atoms with Gasteiger partial charge in [0.25, 0.3) is 0 Å². The SMILES string of the molecule is Cc1cc(SCC(=O)NCCc2ccc(O)c(O)c2)c(C)cc1Br. The van der Waals surface area contributed by atoms with Crippen LogP contribution in [0.5, 0.6) is 11.5 Å². The van der Waals surface area contributed by atoms with E-state index < -0.39 is 0 Å². The third-order valence-electron chi connectivity index (χ3n) is 3.59. The molecule has 0 atom stereocenters. The summed E-state index contributed by atoms with van der Waals surface area (Å²) in [6.45, 7) is 4.55. The van der Waals surface area contributed by atoms with Gasteiger partial charge in [-0.1, -0.05) is 22.0 Å². The highest BCUT2D eigenvalue weighted by Gasteiger charge is 2.07. The van der Waals surface area contributed by atoms with Crippen molar-refractivity contribution in [2.24, 2.45) is 0 Å². The predicted octanol–water partition coefficient (Wildman–Crippen LogP) is 3.93. The molecule has 0 aliphatic rings. The van der Waals surface area contributed by atoms with Crippen LogP contribution in [-0.4, -0.2) is 28.4 Å². The summed E-state index contributed by atoms with van der Waals surface area (Å²) in [7, 11) is 0. The van der Waals surface area contributed by atoms with Crippen molar-refractivity contribution < 1.29 is 15.0 Å². The second kappa shape index (κ2) is 8.44. The van der Waals surface area contributed by atoms with Crippen LogP contribution in [0.25, 0.3) is 0 Å². The molecular weight excluding hydrogens is 390 g/mol. The van der Waals surface area contributed by atoms with Crippen molar-refractivity contribution in [2.45, 2.75) is 25.2 Å². The number of phenolic OH excluding ortho intramolecular Hbond substituents is 2. The molecular formula is C18H20BrNO3S. The molecule has 0 heterocycles. The predicted molar refractivity (Wildman–Crippen MR) is 101 cm³/mol. The lowest BCUT2D eigenvalue weighted by Crippen LogP contribution is -2.27. The first-order chi connectivity index (χ1) is 11.4. The fourth-order valence-corrected chi connectivity index (χ4v) is 3.57. The number of aromatic hydroxyl groups is 2. The molecule has 2 aromatic carbocycles. The van der Waals surface area contributed by atoms with Gasteiger partial charge in [-0.25, -0.2) is 0 Å². The fourth-order valence-electron chi connectivity index (χ4n) is 2.18. The quantitative estimate of drug-likeness (QED) is 0.499. The van der Waals surface area contributed by atoms with E-state index in [1.54, 1.807) is 6.07 Å². The summed E-state index contributed by atoms with van der Waals surface area (Å²) in [5, 5.41) is 21.6. The van der Waals surface area contributed by atoms with E-state index in [1.165, 1.54) is 23.9 Å². The summed E-state index contributed by atoms with van der Waals surface area (Å²) in [6, 6.07) is 8.82. The molecule has 6 heteroatoms. The molecule has 0 aromatic heterocycles. The monoisotopic (exact) mass is 409 g/mol. The van der Waals surface area contributed by atoms with Crippen LogP contribution < -0.4 is 5.32 Å². The van der Waals surface area contributed by atoms with Gasteiger partial charge in [0.15, 0.2) is 11.5 Å². The second-order valence-electron chi connectivity index (χ2n) is 5.58. The molecule has 0 spiro atoms. The lowest BCUT2D eigenvalue weighted by Gasteiger charge is -2.09. The minimum Gasteiger partial charge on any atom is -0.504 e. The fraction of sp³-hybridized carbons (Fsp3) is 0.278. The molecule has 2 rings (SSSR count). The average Bonchev–Trinajstić information content (AvgIpc) is 2.53. The van der Waals surface area contributed by atoms with Gasteiger partial charge in [-0.05, 0) is 61.2 Å². The number of rotatable bonds is 6. The van der Waals surface area contributed by atoms with Gasteiger partial charge in [0, 0.05) is 15.9 Å². The van der Waals surface area contributed by atoms with Crippen molar-refractivity contribution >= 4 is 33.6 Å². The van der Waals surface area contributed by atoms with Crippen LogP contribution in [0.4, 0.5) is 0 Å². The highest BCUT2D eigenvalue weighted by molar-refractivity contribution is 9.10. The van der Waals surface area contributed by atoms with Gasteiger partial charge in [0.05, 0.1) is 5.75 Å². The van der Waals surface area contributed by atoms with E-state index in [-0.39, 0.29) is 17.4 Å². The number of phenols is 2. The number of thioether (sulfide) groups is 1. The zero-order valence-electron chi connectivity index (χ0n) is 13.6. The van der Waals surface area contributed by atoms with E-state index in [2.05, 4.69) is 33.4 Å². The van der Waals surface area contributed by atoms with Crippen LogP contribution in [0, 0.1) is 13.8 Å². The Labute approximate surface area is 154 Å². The molecule has 24 heavy (non-hydrogen) atoms. The van der Waals surface area contributed by atoms with Gasteiger partial charge in [0.1, 0.15) is 0 Å². The topological polar surface area (TPSA) is 69.6 Å². The Hall–Kier alpha value is -1.66. The second-order valence-corrected chi connectivity index (χ2v) is 7.45. The number of halogens is 1. The van der Waals surface area contributed by atoms with Gasteiger partial charge in [-0.2, -0.15) is 0 Å². The average molecular weight is 410 g/mol. The number of nitrogens with one attached hydrogen (secondary N) is 1. The maximum absolute atomic E-state index is 12.0. The van der Waals surface area contributed by atoms with Gasteiger partial charge in [0.2, 0.25) is 5.91 Å². The van der Waals surface area contributed by atoms with Crippen LogP contribution in [0.1, 0.15) is 16.7 Å². The van der Waals surface area contributed by atoms with E-state index in [0.717, 1.165) is 26.1 Å². The van der Waals surface area contributed by atoms with Crippen molar-refractivity contribution in [2.75, 3.05) is 12.3 Å². The molecule has 4 nitrogen and oxygen atoms in total. The minimum absolute atomic E-state index is 0.0250. The van der Waals surface area contributed by atoms with Gasteiger partial charge in [-0.15, -0.1) is 11.8 Å². The molecule has 128 valence electrons. The number of aryl methyl sites for hydroxylation is 2. The summed E-state index contributed by atoms with van der Waals surface area (Å²) < 4.78 is 1.07. The molecule has 0 aliphatic carbocycles. The molecule has 0 radical (unpaired) electrons. The lowest BCUT2D eigenvalue weighted by atomic mass is 10.1. The standard InChI is InChI=1S/C18H20BrNO3S/c1-11-8-17(12(2)7-14(11)19)24-10-18(23)20-6-5-13-3-4-15(21)16(22)9-13/h3-4,7-9,21-22H,5-6,10H2,1-2H3,(H,20,23). The third kappa shape index (κ3) is 5.18. The molecule has 0 fully saturated rings. The number of amides is 1. The molecule has 0 bridgehead atoms. The minimum atomic E-state index is -0.143. The lowest BCUT2D eigenvalue weighted by molar-refractivity contribution is -0.118. The number of hydrogen-bond donors (Lipinski definition) is 3. The molecule has 0 saturated heterocycles. The Morgan fingerprint density at radius 2 is 1.88 bits per heavy atom. The number of carbonyl (C=O) groups excluding carboxylic acids is 1. The summed E-state index contributed by atoms with van der Waals surface area (Å²) in [6.07, 6.45) is 0.598. The summed E-state index contributed by atoms with van der Waals surface area (Å²) in [5.41, 5.74) is 3.15. The maximum atomic E-state index is 12.0. The first-order valence-corrected chi connectivity index (χ1v) is 9.32. The van der Waals surface area contributed by atoms with E-state index in [4.69, 9.17) is 0 Å². The van der Waals surface area contributed by atoms with E-state index >= 15 is 0 Å². The normalized spacial score (nSPS) is 10.6. The number of carbonyl (C=O) groups is 1. The van der Waals surface area contributed by atoms with Crippen LogP contribution in [0.15, 0.2) is 39.7 Å². The Bertz CT molecular complexity index is 749. The van der Waals surface area contributed by atoms with E-state index in [1.807, 2.05) is 13.8 Å². The van der Waals surface area contributed by atoms with E-state index in [0.29, 0.717) is 18.7 Å². The summed E-state index contributed by atoms with van der Waals surface area (Å²) >= 11 is 5.03. The molecule has 0 aliphatic heterocycles. The summed E-state index contributed by atoms with van der Waals surface area (Å²) in [4.78, 5) is 13.1.